The van der Waals surface area contributed by atoms with Crippen LogP contribution in [-0.2, 0) is 19.6 Å². The topological polar surface area (TPSA) is 158 Å². The largest absolute Gasteiger partial charge is 0.494 e. The predicted octanol–water partition coefficient (Wildman–Crippen LogP) is 4.68. The molecule has 11 heteroatoms. The summed E-state index contributed by atoms with van der Waals surface area (Å²) >= 11 is 0. The van der Waals surface area contributed by atoms with Crippen molar-refractivity contribution in [3.63, 3.8) is 0 Å². The van der Waals surface area contributed by atoms with Crippen molar-refractivity contribution in [3.8, 4) is 5.88 Å². The van der Waals surface area contributed by atoms with E-state index in [1.807, 2.05) is 30.3 Å². The van der Waals surface area contributed by atoms with Crippen LogP contribution in [0.2, 0.25) is 0 Å². The van der Waals surface area contributed by atoms with Crippen LogP contribution < -0.4 is 15.4 Å². The van der Waals surface area contributed by atoms with Gasteiger partial charge in [-0.1, -0.05) is 48.5 Å². The molecule has 0 fully saturated rings. The summed E-state index contributed by atoms with van der Waals surface area (Å²) in [6, 6.07) is 28.8. The van der Waals surface area contributed by atoms with Gasteiger partial charge in [-0.05, 0) is 54.6 Å². The number of aromatic hydroxyl groups is 1. The number of hydrogen-bond acceptors (Lipinski definition) is 6. The van der Waals surface area contributed by atoms with E-state index in [1.54, 1.807) is 60.7 Å². The van der Waals surface area contributed by atoms with Crippen molar-refractivity contribution in [1.82, 2.24) is 4.98 Å². The molecule has 0 saturated carbocycles. The molecule has 0 saturated heterocycles. The van der Waals surface area contributed by atoms with Gasteiger partial charge in [-0.15, -0.1) is 0 Å². The molecule has 1 heterocycles. The maximum atomic E-state index is 13.0. The lowest BCUT2D eigenvalue weighted by Gasteiger charge is -2.19. The number of aromatic amines is 1. The van der Waals surface area contributed by atoms with Crippen molar-refractivity contribution in [1.29, 1.82) is 0 Å². The highest BCUT2D eigenvalue weighted by Gasteiger charge is 2.21. The first-order valence-electron chi connectivity index (χ1n) is 12.9. The van der Waals surface area contributed by atoms with Gasteiger partial charge in [0, 0.05) is 34.8 Å². The Bertz CT molecular complexity index is 1900. The molecular formula is C31H27N5O5S. The molecule has 5 N–H and O–H groups in total. The number of nitrogens with zero attached hydrogens (tertiary/aromatic N) is 2. The summed E-state index contributed by atoms with van der Waals surface area (Å²) in [6.07, 6.45) is 0. The number of fused-ring (bicyclic) bond motifs is 1. The van der Waals surface area contributed by atoms with Crippen LogP contribution in [0, 0.1) is 0 Å². The van der Waals surface area contributed by atoms with Gasteiger partial charge in [0.1, 0.15) is 6.54 Å². The number of aromatic nitrogens is 1. The molecule has 0 aliphatic heterocycles. The number of benzene rings is 4. The van der Waals surface area contributed by atoms with E-state index in [2.05, 4.69) is 9.71 Å². The van der Waals surface area contributed by atoms with Crippen LogP contribution in [0.5, 0.6) is 5.88 Å². The van der Waals surface area contributed by atoms with Gasteiger partial charge in [0.15, 0.2) is 5.88 Å². The van der Waals surface area contributed by atoms with E-state index >= 15 is 0 Å². The average molecular weight is 582 g/mol. The van der Waals surface area contributed by atoms with Crippen LogP contribution >= 0.6 is 0 Å². The van der Waals surface area contributed by atoms with Crippen molar-refractivity contribution in [2.75, 3.05) is 16.2 Å². The highest BCUT2D eigenvalue weighted by Crippen LogP contribution is 2.34. The zero-order valence-electron chi connectivity index (χ0n) is 22.5. The lowest BCUT2D eigenvalue weighted by molar-refractivity contribution is -0.121. The Morgan fingerprint density at radius 3 is 2.19 bits per heavy atom. The predicted molar refractivity (Wildman–Crippen MR) is 163 cm³/mol. The first-order valence-corrected chi connectivity index (χ1v) is 14.3. The van der Waals surface area contributed by atoms with Crippen molar-refractivity contribution >= 4 is 55.5 Å². The third-order valence-corrected chi connectivity index (χ3v) is 7.86. The minimum atomic E-state index is -3.84. The first kappa shape index (κ1) is 28.1. The lowest BCUT2D eigenvalue weighted by atomic mass is 10.0. The zero-order chi connectivity index (χ0) is 29.9. The molecule has 0 atom stereocenters. The molecule has 0 aliphatic rings. The molecule has 212 valence electrons. The third kappa shape index (κ3) is 6.01. The molecule has 4 aromatic carbocycles. The fourth-order valence-electron chi connectivity index (χ4n) is 4.53. The van der Waals surface area contributed by atoms with Crippen molar-refractivity contribution in [3.05, 3.63) is 114 Å². The average Bonchev–Trinajstić information content (AvgIpc) is 3.30. The van der Waals surface area contributed by atoms with Crippen molar-refractivity contribution < 1.29 is 23.1 Å². The standard InChI is InChI=1S/C31H27N5O5S/c1-20(37)36(19-28(32)38)24-15-12-22(13-16-24)33-30(21-8-4-2-5-9-21)29-26-18-23(14-17-27(26)34-31(29)39)35-42(40,41)25-10-6-3-7-11-25/h2-18,34-35,39H,19H2,1H3,(H2,32,38). The van der Waals surface area contributed by atoms with E-state index < -0.39 is 15.9 Å². The number of nitrogens with two attached hydrogens (primary N) is 1. The lowest BCUT2D eigenvalue weighted by Crippen LogP contribution is -2.37. The molecule has 1 aromatic heterocycles. The Labute approximate surface area is 242 Å². The second-order valence-electron chi connectivity index (χ2n) is 9.44. The molecule has 0 radical (unpaired) electrons. The first-order chi connectivity index (χ1) is 20.1. The Kier molecular flexibility index (Phi) is 7.76. The van der Waals surface area contributed by atoms with Crippen LogP contribution in [0.1, 0.15) is 18.1 Å². The van der Waals surface area contributed by atoms with Gasteiger partial charge < -0.3 is 20.7 Å². The number of hydrogen-bond donors (Lipinski definition) is 4. The molecule has 0 bridgehead atoms. The summed E-state index contributed by atoms with van der Waals surface area (Å²) < 4.78 is 28.5. The van der Waals surface area contributed by atoms with E-state index in [9.17, 15) is 23.1 Å². The summed E-state index contributed by atoms with van der Waals surface area (Å²) in [6.45, 7) is 1.09. The van der Waals surface area contributed by atoms with Gasteiger partial charge in [-0.2, -0.15) is 0 Å². The Hall–Kier alpha value is -5.42. The van der Waals surface area contributed by atoms with E-state index in [0.717, 1.165) is 0 Å². The number of sulfonamides is 1. The normalized spacial score (nSPS) is 11.8. The van der Waals surface area contributed by atoms with E-state index in [-0.39, 0.29) is 23.2 Å². The van der Waals surface area contributed by atoms with Crippen LogP contribution in [0.4, 0.5) is 17.1 Å². The van der Waals surface area contributed by atoms with Gasteiger partial charge in [0.2, 0.25) is 11.8 Å². The molecule has 42 heavy (non-hydrogen) atoms. The molecule has 0 aliphatic carbocycles. The second-order valence-corrected chi connectivity index (χ2v) is 11.1. The fourth-order valence-corrected chi connectivity index (χ4v) is 5.60. The summed E-state index contributed by atoms with van der Waals surface area (Å²) in [4.78, 5) is 32.7. The number of rotatable bonds is 9. The number of carbonyl (C=O) groups is 2. The monoisotopic (exact) mass is 581 g/mol. The van der Waals surface area contributed by atoms with Gasteiger partial charge in [-0.25, -0.2) is 13.4 Å². The zero-order valence-corrected chi connectivity index (χ0v) is 23.3. The fraction of sp³-hybridized carbons (Fsp3) is 0.0645. The number of carbonyl (C=O) groups excluding carboxylic acids is 2. The van der Waals surface area contributed by atoms with Crippen molar-refractivity contribution in [2.24, 2.45) is 10.7 Å². The molecule has 10 nitrogen and oxygen atoms in total. The minimum absolute atomic E-state index is 0.122. The van der Waals surface area contributed by atoms with E-state index in [4.69, 9.17) is 10.7 Å². The van der Waals surface area contributed by atoms with Gasteiger partial charge in [0.05, 0.1) is 21.9 Å². The Balaban J connectivity index is 1.59. The van der Waals surface area contributed by atoms with Crippen LogP contribution in [-0.4, -0.2) is 42.6 Å². The van der Waals surface area contributed by atoms with Gasteiger partial charge >= 0.3 is 0 Å². The number of H-pyrrole nitrogens is 1. The maximum Gasteiger partial charge on any atom is 0.261 e. The van der Waals surface area contributed by atoms with Crippen LogP contribution in [0.3, 0.4) is 0 Å². The number of primary amides is 1. The smallest absolute Gasteiger partial charge is 0.261 e. The number of aliphatic imine (C=N–C) groups is 1. The maximum absolute atomic E-state index is 13.0. The molecule has 0 spiro atoms. The summed E-state index contributed by atoms with van der Waals surface area (Å²) in [5.41, 5.74) is 8.67. The molecule has 5 rings (SSSR count). The summed E-state index contributed by atoms with van der Waals surface area (Å²) in [7, 11) is -3.84. The third-order valence-electron chi connectivity index (χ3n) is 6.46. The highest BCUT2D eigenvalue weighted by molar-refractivity contribution is 7.92. The quantitative estimate of drug-likeness (QED) is 0.186. The number of anilines is 2. The van der Waals surface area contributed by atoms with Gasteiger partial charge in [-0.3, -0.25) is 14.3 Å². The molecule has 0 unspecified atom stereocenters. The molecular weight excluding hydrogens is 554 g/mol. The number of amides is 2. The molecule has 2 amide bonds. The minimum Gasteiger partial charge on any atom is -0.494 e. The molecule has 5 aromatic rings. The van der Waals surface area contributed by atoms with Crippen LogP contribution in [0.25, 0.3) is 10.9 Å². The second kappa shape index (κ2) is 11.6. The Morgan fingerprint density at radius 2 is 1.57 bits per heavy atom. The van der Waals surface area contributed by atoms with Crippen LogP contribution in [0.15, 0.2) is 113 Å². The highest BCUT2D eigenvalue weighted by atomic mass is 32.2. The number of nitrogens with one attached hydrogen (secondary N) is 2. The van der Waals surface area contributed by atoms with Crippen molar-refractivity contribution in [2.45, 2.75) is 11.8 Å². The Morgan fingerprint density at radius 1 is 0.929 bits per heavy atom. The summed E-state index contributed by atoms with van der Waals surface area (Å²) in [5.74, 6) is -1.12. The van der Waals surface area contributed by atoms with E-state index in [0.29, 0.717) is 44.8 Å². The SMILES string of the molecule is CC(=O)N(CC(N)=O)c1ccc(N=C(c2ccccc2)c2c(O)[nH]c3ccc(NS(=O)(=O)c4ccccc4)cc23)cc1. The summed E-state index contributed by atoms with van der Waals surface area (Å²) in [5, 5.41) is 11.6. The van der Waals surface area contributed by atoms with Gasteiger partial charge in [0.25, 0.3) is 10.0 Å². The van der Waals surface area contributed by atoms with E-state index in [1.165, 1.54) is 24.0 Å².